The average Bonchev–Trinajstić information content (AvgIpc) is 2.62. The second-order valence-corrected chi connectivity index (χ2v) is 7.79. The number of sulfone groups is 1. The Labute approximate surface area is 119 Å². The normalized spacial score (nSPS) is 21.3. The van der Waals surface area contributed by atoms with Crippen molar-refractivity contribution in [2.45, 2.75) is 12.8 Å². The number of rotatable bonds is 3. The second kappa shape index (κ2) is 5.58. The molecule has 1 aliphatic heterocycles. The predicted molar refractivity (Wildman–Crippen MR) is 74.1 cm³/mol. The smallest absolute Gasteiger partial charge is 0.224 e. The van der Waals surface area contributed by atoms with Crippen molar-refractivity contribution in [3.8, 4) is 0 Å². The molecule has 0 spiro atoms. The van der Waals surface area contributed by atoms with Gasteiger partial charge in [-0.3, -0.25) is 4.79 Å². The van der Waals surface area contributed by atoms with Crippen LogP contribution in [0.4, 0.5) is 10.1 Å². The van der Waals surface area contributed by atoms with E-state index in [0.29, 0.717) is 10.9 Å². The fraction of sp³-hybridized carbons (Fsp3) is 0.417. The van der Waals surface area contributed by atoms with Gasteiger partial charge in [0, 0.05) is 10.9 Å². The minimum atomic E-state index is -2.99. The predicted octanol–water partition coefficient (Wildman–Crippen LogP) is 2.35. The Bertz CT molecular complexity index is 603. The molecule has 1 heterocycles. The molecular weight excluding hydrogens is 337 g/mol. The number of nitrogens with one attached hydrogen (secondary N) is 1. The molecule has 19 heavy (non-hydrogen) atoms. The summed E-state index contributed by atoms with van der Waals surface area (Å²) >= 11 is 3.13. The van der Waals surface area contributed by atoms with Crippen molar-refractivity contribution in [3.05, 3.63) is 28.5 Å². The topological polar surface area (TPSA) is 63.2 Å². The van der Waals surface area contributed by atoms with Crippen LogP contribution in [0.25, 0.3) is 0 Å². The van der Waals surface area contributed by atoms with Crippen molar-refractivity contribution in [1.29, 1.82) is 0 Å². The van der Waals surface area contributed by atoms with Crippen LogP contribution in [-0.4, -0.2) is 25.8 Å². The highest BCUT2D eigenvalue weighted by Crippen LogP contribution is 2.23. The van der Waals surface area contributed by atoms with Crippen LogP contribution in [0.2, 0.25) is 0 Å². The molecule has 1 N–H and O–H groups in total. The molecule has 4 nitrogen and oxygen atoms in total. The monoisotopic (exact) mass is 349 g/mol. The summed E-state index contributed by atoms with van der Waals surface area (Å²) in [6.45, 7) is 0. The molecule has 7 heteroatoms. The Balaban J connectivity index is 1.95. The fourth-order valence-corrected chi connectivity index (χ4v) is 4.28. The third-order valence-electron chi connectivity index (χ3n) is 3.01. The number of carbonyl (C=O) groups excluding carboxylic acids is 1. The van der Waals surface area contributed by atoms with Crippen LogP contribution in [0.3, 0.4) is 0 Å². The van der Waals surface area contributed by atoms with Crippen molar-refractivity contribution in [3.63, 3.8) is 0 Å². The number of carbonyl (C=O) groups is 1. The van der Waals surface area contributed by atoms with Gasteiger partial charge in [-0.15, -0.1) is 0 Å². The minimum Gasteiger partial charge on any atom is -0.324 e. The molecule has 1 aromatic rings. The van der Waals surface area contributed by atoms with Gasteiger partial charge >= 0.3 is 0 Å². The molecule has 0 unspecified atom stereocenters. The minimum absolute atomic E-state index is 0.0449. The Hall–Kier alpha value is -0.950. The molecule has 0 radical (unpaired) electrons. The van der Waals surface area contributed by atoms with Crippen molar-refractivity contribution < 1.29 is 17.6 Å². The number of benzene rings is 1. The van der Waals surface area contributed by atoms with Crippen LogP contribution in [0, 0.1) is 11.7 Å². The molecule has 104 valence electrons. The van der Waals surface area contributed by atoms with Crippen LogP contribution in [0.15, 0.2) is 22.7 Å². The van der Waals surface area contributed by atoms with Gasteiger partial charge in [0.05, 0.1) is 17.2 Å². The molecule has 1 aliphatic rings. The summed E-state index contributed by atoms with van der Waals surface area (Å²) in [6.07, 6.45) is 0.604. The molecular formula is C12H13BrFNO3S. The zero-order chi connectivity index (χ0) is 14.0. The van der Waals surface area contributed by atoms with E-state index in [1.165, 1.54) is 12.1 Å². The fourth-order valence-electron chi connectivity index (χ4n) is 2.09. The molecule has 1 amide bonds. The van der Waals surface area contributed by atoms with E-state index >= 15 is 0 Å². The van der Waals surface area contributed by atoms with Gasteiger partial charge in [0.25, 0.3) is 0 Å². The Morgan fingerprint density at radius 3 is 2.79 bits per heavy atom. The molecule has 1 aromatic carbocycles. The van der Waals surface area contributed by atoms with Crippen molar-refractivity contribution >= 4 is 37.4 Å². The average molecular weight is 350 g/mol. The van der Waals surface area contributed by atoms with Crippen LogP contribution in [0.1, 0.15) is 12.8 Å². The van der Waals surface area contributed by atoms with E-state index in [2.05, 4.69) is 21.2 Å². The molecule has 1 fully saturated rings. The summed E-state index contributed by atoms with van der Waals surface area (Å²) in [5, 5.41) is 2.46. The summed E-state index contributed by atoms with van der Waals surface area (Å²) in [5.41, 5.74) is 0.106. The molecule has 0 aliphatic carbocycles. The van der Waals surface area contributed by atoms with Crippen molar-refractivity contribution in [1.82, 2.24) is 0 Å². The largest absolute Gasteiger partial charge is 0.324 e. The highest BCUT2D eigenvalue weighted by atomic mass is 79.9. The molecule has 1 atom stereocenters. The quantitative estimate of drug-likeness (QED) is 0.910. The Morgan fingerprint density at radius 1 is 1.47 bits per heavy atom. The highest BCUT2D eigenvalue weighted by Gasteiger charge is 2.29. The summed E-state index contributed by atoms with van der Waals surface area (Å²) < 4.78 is 36.6. The summed E-state index contributed by atoms with van der Waals surface area (Å²) in [6, 6.07) is 4.34. The first kappa shape index (κ1) is 14.5. The molecule has 0 aromatic heterocycles. The Morgan fingerprint density at radius 2 is 2.21 bits per heavy atom. The summed E-state index contributed by atoms with van der Waals surface area (Å²) in [7, 11) is -2.99. The van der Waals surface area contributed by atoms with Gasteiger partial charge in [-0.05, 0) is 30.5 Å². The zero-order valence-corrected chi connectivity index (χ0v) is 12.4. The lowest BCUT2D eigenvalue weighted by molar-refractivity contribution is -0.116. The maximum Gasteiger partial charge on any atom is 0.224 e. The van der Waals surface area contributed by atoms with Gasteiger partial charge < -0.3 is 5.32 Å². The van der Waals surface area contributed by atoms with Crippen LogP contribution < -0.4 is 5.32 Å². The van der Waals surface area contributed by atoms with E-state index in [1.54, 1.807) is 6.07 Å². The van der Waals surface area contributed by atoms with E-state index < -0.39 is 15.7 Å². The molecule has 0 bridgehead atoms. The van der Waals surface area contributed by atoms with Crippen LogP contribution in [-0.2, 0) is 14.6 Å². The lowest BCUT2D eigenvalue weighted by Crippen LogP contribution is -2.18. The number of halogens is 2. The molecule has 2 rings (SSSR count). The highest BCUT2D eigenvalue weighted by molar-refractivity contribution is 9.10. The SMILES string of the molecule is O=C(C[C@H]1CCS(=O)(=O)C1)Nc1ccc(Br)cc1F. The zero-order valence-electron chi connectivity index (χ0n) is 10.0. The van der Waals surface area contributed by atoms with Crippen LogP contribution in [0.5, 0.6) is 0 Å². The van der Waals surface area contributed by atoms with Gasteiger partial charge in [0.2, 0.25) is 5.91 Å². The lowest BCUT2D eigenvalue weighted by Gasteiger charge is -2.09. The number of amides is 1. The Kier molecular flexibility index (Phi) is 4.25. The third-order valence-corrected chi connectivity index (χ3v) is 5.34. The molecule has 0 saturated carbocycles. The van der Waals surface area contributed by atoms with Gasteiger partial charge in [-0.1, -0.05) is 15.9 Å². The second-order valence-electron chi connectivity index (χ2n) is 4.65. The van der Waals surface area contributed by atoms with Crippen molar-refractivity contribution in [2.24, 2.45) is 5.92 Å². The molecule has 1 saturated heterocycles. The van der Waals surface area contributed by atoms with Crippen LogP contribution >= 0.6 is 15.9 Å². The third kappa shape index (κ3) is 4.01. The first-order valence-corrected chi connectivity index (χ1v) is 8.42. The van der Waals surface area contributed by atoms with Gasteiger partial charge in [-0.25, -0.2) is 12.8 Å². The standard InChI is InChI=1S/C12H13BrFNO3S/c13-9-1-2-11(10(14)6-9)15-12(16)5-8-3-4-19(17,18)7-8/h1-2,6,8H,3-5,7H2,(H,15,16)/t8-/m1/s1. The summed E-state index contributed by atoms with van der Waals surface area (Å²) in [4.78, 5) is 11.7. The number of hydrogen-bond donors (Lipinski definition) is 1. The van der Waals surface area contributed by atoms with E-state index in [4.69, 9.17) is 0 Å². The maximum atomic E-state index is 13.5. The van der Waals surface area contributed by atoms with E-state index in [1.807, 2.05) is 0 Å². The summed E-state index contributed by atoms with van der Waals surface area (Å²) in [5.74, 6) is -0.866. The van der Waals surface area contributed by atoms with Crippen molar-refractivity contribution in [2.75, 3.05) is 16.8 Å². The van der Waals surface area contributed by atoms with Gasteiger partial charge in [0.15, 0.2) is 9.84 Å². The lowest BCUT2D eigenvalue weighted by atomic mass is 10.1. The van der Waals surface area contributed by atoms with E-state index in [0.717, 1.165) is 0 Å². The van der Waals surface area contributed by atoms with E-state index in [9.17, 15) is 17.6 Å². The van der Waals surface area contributed by atoms with Gasteiger partial charge in [-0.2, -0.15) is 0 Å². The first-order valence-electron chi connectivity index (χ1n) is 5.81. The first-order chi connectivity index (χ1) is 8.85. The maximum absolute atomic E-state index is 13.5. The number of hydrogen-bond acceptors (Lipinski definition) is 3. The number of anilines is 1. The van der Waals surface area contributed by atoms with Gasteiger partial charge in [0.1, 0.15) is 5.82 Å². The van der Waals surface area contributed by atoms with E-state index in [-0.39, 0.29) is 35.4 Å².